The first kappa shape index (κ1) is 14.5. The molecule has 0 aliphatic rings. The maximum Gasteiger partial charge on any atom is 0.280 e. The monoisotopic (exact) mass is 294 g/mol. The molecule has 106 valence electrons. The van der Waals surface area contributed by atoms with Gasteiger partial charge in [0.1, 0.15) is 5.82 Å². The van der Waals surface area contributed by atoms with Gasteiger partial charge in [-0.15, -0.1) is 21.8 Å². The maximum atomic E-state index is 11.2. The topological polar surface area (TPSA) is 73.8 Å². The second-order valence-electron chi connectivity index (χ2n) is 5.35. The second kappa shape index (κ2) is 5.20. The Kier molecular flexibility index (Phi) is 3.76. The van der Waals surface area contributed by atoms with Crippen LogP contribution in [0.2, 0.25) is 0 Å². The molecule has 2 aromatic rings. The summed E-state index contributed by atoms with van der Waals surface area (Å²) in [7, 11) is 0. The zero-order chi connectivity index (χ0) is 14.9. The van der Waals surface area contributed by atoms with Gasteiger partial charge in [0.05, 0.1) is 16.4 Å². The van der Waals surface area contributed by atoms with Crippen molar-refractivity contribution in [3.8, 4) is 11.4 Å². The average molecular weight is 295 g/mol. The third-order valence-electron chi connectivity index (χ3n) is 2.86. The summed E-state index contributed by atoms with van der Waals surface area (Å²) in [6, 6.07) is 6.49. The number of nitro groups is 1. The van der Waals surface area contributed by atoms with Crippen molar-refractivity contribution < 1.29 is 4.92 Å². The van der Waals surface area contributed by atoms with Gasteiger partial charge in [-0.25, -0.2) is 0 Å². The van der Waals surface area contributed by atoms with E-state index < -0.39 is 4.92 Å². The van der Waals surface area contributed by atoms with Crippen molar-refractivity contribution in [2.75, 3.05) is 0 Å². The highest BCUT2D eigenvalue weighted by atomic mass is 35.5. The number of hydrogen-bond acceptors (Lipinski definition) is 4. The Bertz CT molecular complexity index is 646. The fraction of sp³-hybridized carbons (Fsp3) is 0.385. The third-order valence-corrected chi connectivity index (χ3v) is 3.10. The van der Waals surface area contributed by atoms with Crippen LogP contribution < -0.4 is 0 Å². The van der Waals surface area contributed by atoms with E-state index in [1.807, 2.05) is 25.3 Å². The second-order valence-corrected chi connectivity index (χ2v) is 5.62. The summed E-state index contributed by atoms with van der Waals surface area (Å²) in [5, 5.41) is 19.3. The molecule has 6 nitrogen and oxygen atoms in total. The molecule has 0 fully saturated rings. The number of nitrogens with zero attached hydrogens (tertiary/aromatic N) is 4. The van der Waals surface area contributed by atoms with E-state index in [1.54, 1.807) is 18.2 Å². The number of alkyl halides is 1. The summed E-state index contributed by atoms with van der Waals surface area (Å²) in [5.74, 6) is 1.25. The normalized spacial score (nSPS) is 11.6. The van der Waals surface area contributed by atoms with Crippen molar-refractivity contribution >= 4 is 17.3 Å². The van der Waals surface area contributed by atoms with E-state index in [4.69, 9.17) is 11.6 Å². The van der Waals surface area contributed by atoms with E-state index in [0.717, 1.165) is 0 Å². The fourth-order valence-electron chi connectivity index (χ4n) is 2.10. The van der Waals surface area contributed by atoms with Crippen LogP contribution in [0.25, 0.3) is 11.4 Å². The first-order valence-electron chi connectivity index (χ1n) is 6.10. The Labute approximate surface area is 121 Å². The van der Waals surface area contributed by atoms with E-state index in [2.05, 4.69) is 10.2 Å². The van der Waals surface area contributed by atoms with Crippen LogP contribution >= 0.6 is 11.6 Å². The van der Waals surface area contributed by atoms with Gasteiger partial charge in [-0.1, -0.05) is 12.1 Å². The van der Waals surface area contributed by atoms with Gasteiger partial charge in [0.15, 0.2) is 5.82 Å². The molecule has 0 atom stereocenters. The number of rotatable bonds is 3. The maximum absolute atomic E-state index is 11.2. The Balaban J connectivity index is 2.72. The fourth-order valence-corrected chi connectivity index (χ4v) is 2.28. The van der Waals surface area contributed by atoms with Crippen molar-refractivity contribution in [1.29, 1.82) is 0 Å². The average Bonchev–Trinajstić information content (AvgIpc) is 2.82. The summed E-state index contributed by atoms with van der Waals surface area (Å²) < 4.78 is 1.84. The van der Waals surface area contributed by atoms with Gasteiger partial charge in [0, 0.05) is 11.6 Å². The van der Waals surface area contributed by atoms with E-state index in [1.165, 1.54) is 6.07 Å². The lowest BCUT2D eigenvalue weighted by atomic mass is 10.1. The van der Waals surface area contributed by atoms with E-state index in [9.17, 15) is 10.1 Å². The summed E-state index contributed by atoms with van der Waals surface area (Å²) in [6.07, 6.45) is 0. The molecular weight excluding hydrogens is 280 g/mol. The lowest BCUT2D eigenvalue weighted by Gasteiger charge is -2.24. The molecule has 1 heterocycles. The van der Waals surface area contributed by atoms with Gasteiger partial charge in [-0.2, -0.15) is 0 Å². The molecule has 0 N–H and O–H groups in total. The van der Waals surface area contributed by atoms with Crippen LogP contribution in [0.15, 0.2) is 24.3 Å². The molecule has 0 radical (unpaired) electrons. The lowest BCUT2D eigenvalue weighted by molar-refractivity contribution is -0.384. The molecule has 0 aliphatic carbocycles. The molecule has 0 spiro atoms. The van der Waals surface area contributed by atoms with E-state index in [0.29, 0.717) is 17.2 Å². The van der Waals surface area contributed by atoms with Gasteiger partial charge in [0.2, 0.25) is 0 Å². The van der Waals surface area contributed by atoms with Gasteiger partial charge < -0.3 is 4.57 Å². The summed E-state index contributed by atoms with van der Waals surface area (Å²) in [4.78, 5) is 10.7. The highest BCUT2D eigenvalue weighted by molar-refractivity contribution is 6.16. The quantitative estimate of drug-likeness (QED) is 0.494. The van der Waals surface area contributed by atoms with Crippen molar-refractivity contribution in [1.82, 2.24) is 14.8 Å². The van der Waals surface area contributed by atoms with Crippen LogP contribution in [0.1, 0.15) is 26.6 Å². The zero-order valence-electron chi connectivity index (χ0n) is 11.5. The molecule has 1 aromatic carbocycles. The molecule has 20 heavy (non-hydrogen) atoms. The van der Waals surface area contributed by atoms with Gasteiger partial charge in [0.25, 0.3) is 5.69 Å². The predicted octanol–water partition coefficient (Wildman–Crippen LogP) is 3.35. The Hall–Kier alpha value is -1.95. The largest absolute Gasteiger partial charge is 0.304 e. The number of hydrogen-bond donors (Lipinski definition) is 0. The molecule has 0 aliphatic heterocycles. The number of nitro benzene ring substituents is 1. The van der Waals surface area contributed by atoms with E-state index >= 15 is 0 Å². The zero-order valence-corrected chi connectivity index (χ0v) is 12.3. The molecular formula is C13H15ClN4O2. The summed E-state index contributed by atoms with van der Waals surface area (Å²) in [6.45, 7) is 5.93. The third kappa shape index (κ3) is 2.51. The van der Waals surface area contributed by atoms with Gasteiger partial charge in [-0.05, 0) is 26.8 Å². The van der Waals surface area contributed by atoms with Crippen molar-refractivity contribution in [2.45, 2.75) is 32.2 Å². The first-order chi connectivity index (χ1) is 9.36. The molecule has 2 rings (SSSR count). The minimum atomic E-state index is -0.419. The van der Waals surface area contributed by atoms with Gasteiger partial charge in [-0.3, -0.25) is 10.1 Å². The molecule has 7 heteroatoms. The van der Waals surface area contributed by atoms with Crippen molar-refractivity contribution in [3.05, 3.63) is 40.2 Å². The number of para-hydroxylation sites is 1. The van der Waals surface area contributed by atoms with E-state index in [-0.39, 0.29) is 17.1 Å². The SMILES string of the molecule is CC(C)(C)n1c(CCl)nnc1-c1ccccc1[N+](=O)[O-]. The number of halogens is 1. The number of benzene rings is 1. The molecule has 0 saturated carbocycles. The molecule has 0 unspecified atom stereocenters. The molecule has 1 aromatic heterocycles. The minimum absolute atomic E-state index is 0.00604. The predicted molar refractivity (Wildman–Crippen MR) is 76.7 cm³/mol. The Morgan fingerprint density at radius 2 is 1.95 bits per heavy atom. The summed E-state index contributed by atoms with van der Waals surface area (Å²) >= 11 is 5.88. The van der Waals surface area contributed by atoms with Gasteiger partial charge >= 0.3 is 0 Å². The molecule has 0 saturated heterocycles. The summed E-state index contributed by atoms with van der Waals surface area (Å²) in [5.41, 5.74) is 0.120. The van der Waals surface area contributed by atoms with Crippen LogP contribution in [-0.4, -0.2) is 19.7 Å². The van der Waals surface area contributed by atoms with Crippen molar-refractivity contribution in [2.24, 2.45) is 0 Å². The highest BCUT2D eigenvalue weighted by Gasteiger charge is 2.27. The Morgan fingerprint density at radius 1 is 1.30 bits per heavy atom. The Morgan fingerprint density at radius 3 is 2.50 bits per heavy atom. The van der Waals surface area contributed by atoms with Crippen LogP contribution in [-0.2, 0) is 11.4 Å². The molecule has 0 bridgehead atoms. The smallest absolute Gasteiger partial charge is 0.280 e. The van der Waals surface area contributed by atoms with Crippen LogP contribution in [0, 0.1) is 10.1 Å². The van der Waals surface area contributed by atoms with Crippen molar-refractivity contribution in [3.63, 3.8) is 0 Å². The highest BCUT2D eigenvalue weighted by Crippen LogP contribution is 2.32. The minimum Gasteiger partial charge on any atom is -0.304 e. The number of aromatic nitrogens is 3. The lowest BCUT2D eigenvalue weighted by Crippen LogP contribution is -2.25. The standard InChI is InChI=1S/C13H15ClN4O2/c1-13(2,3)17-11(8-14)15-16-12(17)9-6-4-5-7-10(9)18(19)20/h4-7H,8H2,1-3H3. The molecule has 0 amide bonds. The van der Waals surface area contributed by atoms with Crippen LogP contribution in [0.3, 0.4) is 0 Å². The van der Waals surface area contributed by atoms with Crippen LogP contribution in [0.5, 0.6) is 0 Å². The first-order valence-corrected chi connectivity index (χ1v) is 6.64. The van der Waals surface area contributed by atoms with Crippen LogP contribution in [0.4, 0.5) is 5.69 Å².